The molecule has 0 aliphatic rings. The lowest BCUT2D eigenvalue weighted by atomic mass is 10.1. The van der Waals surface area contributed by atoms with E-state index in [2.05, 4.69) is 30.5 Å². The number of hydrogen-bond acceptors (Lipinski definition) is 2. The Hall–Kier alpha value is -1.75. The lowest BCUT2D eigenvalue weighted by molar-refractivity contribution is 0.815. The van der Waals surface area contributed by atoms with Crippen molar-refractivity contribution in [3.8, 4) is 6.07 Å². The number of rotatable bonds is 5. The molecule has 0 saturated carbocycles. The highest BCUT2D eigenvalue weighted by molar-refractivity contribution is 5.61. The minimum Gasteiger partial charge on any atom is -0.367 e. The molecule has 1 rings (SSSR count). The fourth-order valence-corrected chi connectivity index (χ4v) is 1.73. The topological polar surface area (TPSA) is 27.0 Å². The van der Waals surface area contributed by atoms with Crippen LogP contribution in [0, 0.1) is 18.3 Å². The summed E-state index contributed by atoms with van der Waals surface area (Å²) in [5, 5.41) is 9.09. The lowest BCUT2D eigenvalue weighted by Gasteiger charge is -2.24. The number of nitriles is 1. The summed E-state index contributed by atoms with van der Waals surface area (Å²) in [6.45, 7) is 9.68. The van der Waals surface area contributed by atoms with Crippen molar-refractivity contribution in [2.75, 3.05) is 18.0 Å². The van der Waals surface area contributed by atoms with Gasteiger partial charge < -0.3 is 4.90 Å². The molecule has 0 heterocycles. The summed E-state index contributed by atoms with van der Waals surface area (Å²) in [7, 11) is 0. The number of hydrogen-bond donors (Lipinski definition) is 0. The van der Waals surface area contributed by atoms with E-state index in [4.69, 9.17) is 5.26 Å². The molecule has 0 fully saturated rings. The van der Waals surface area contributed by atoms with E-state index in [0.717, 1.165) is 30.8 Å². The van der Waals surface area contributed by atoms with E-state index in [0.29, 0.717) is 0 Å². The van der Waals surface area contributed by atoms with Crippen LogP contribution in [0.25, 0.3) is 0 Å². The maximum absolute atomic E-state index is 9.09. The quantitative estimate of drug-likeness (QED) is 0.703. The Balaban J connectivity index is 3.10. The molecule has 0 bridgehead atoms. The van der Waals surface area contributed by atoms with Crippen molar-refractivity contribution in [3.63, 3.8) is 0 Å². The van der Waals surface area contributed by atoms with Gasteiger partial charge in [-0.15, -0.1) is 6.58 Å². The zero-order valence-electron chi connectivity index (χ0n) is 10.0. The first kappa shape index (κ1) is 12.3. The first-order chi connectivity index (χ1) is 7.72. The maximum Gasteiger partial charge on any atom is 0.101 e. The lowest BCUT2D eigenvalue weighted by Crippen LogP contribution is -2.24. The average molecular weight is 214 g/mol. The molecule has 84 valence electrons. The minimum absolute atomic E-state index is 0.737. The molecular formula is C14H18N2. The van der Waals surface area contributed by atoms with Crippen LogP contribution in [0.4, 0.5) is 5.69 Å². The first-order valence-electron chi connectivity index (χ1n) is 5.59. The molecule has 0 N–H and O–H groups in total. The fourth-order valence-electron chi connectivity index (χ4n) is 1.73. The summed E-state index contributed by atoms with van der Waals surface area (Å²) in [4.78, 5) is 2.19. The maximum atomic E-state index is 9.09. The molecule has 0 aliphatic carbocycles. The van der Waals surface area contributed by atoms with Crippen molar-refractivity contribution < 1.29 is 0 Å². The summed E-state index contributed by atoms with van der Waals surface area (Å²) < 4.78 is 0. The van der Waals surface area contributed by atoms with Crippen LogP contribution < -0.4 is 4.90 Å². The van der Waals surface area contributed by atoms with Gasteiger partial charge in [0.05, 0.1) is 11.3 Å². The van der Waals surface area contributed by atoms with E-state index in [1.807, 2.05) is 25.1 Å². The van der Waals surface area contributed by atoms with Gasteiger partial charge in [-0.3, -0.25) is 0 Å². The van der Waals surface area contributed by atoms with Crippen molar-refractivity contribution >= 4 is 5.69 Å². The van der Waals surface area contributed by atoms with Crippen LogP contribution in [0.3, 0.4) is 0 Å². The Labute approximate surface area is 97.8 Å². The van der Waals surface area contributed by atoms with E-state index < -0.39 is 0 Å². The van der Waals surface area contributed by atoms with E-state index in [9.17, 15) is 0 Å². The van der Waals surface area contributed by atoms with E-state index >= 15 is 0 Å². The molecular weight excluding hydrogens is 196 g/mol. The monoisotopic (exact) mass is 214 g/mol. The van der Waals surface area contributed by atoms with E-state index in [-0.39, 0.29) is 0 Å². The van der Waals surface area contributed by atoms with Gasteiger partial charge in [-0.05, 0) is 31.0 Å². The highest BCUT2D eigenvalue weighted by atomic mass is 15.1. The van der Waals surface area contributed by atoms with Gasteiger partial charge in [-0.1, -0.05) is 19.1 Å². The molecule has 16 heavy (non-hydrogen) atoms. The molecule has 2 heteroatoms. The molecule has 0 spiro atoms. The first-order valence-corrected chi connectivity index (χ1v) is 5.59. The van der Waals surface area contributed by atoms with Gasteiger partial charge in [0.15, 0.2) is 0 Å². The SMILES string of the molecule is C=CCN(CCC)c1cc(C)ccc1C#N. The van der Waals surface area contributed by atoms with Crippen LogP contribution in [0.2, 0.25) is 0 Å². The molecule has 0 unspecified atom stereocenters. The average Bonchev–Trinajstić information content (AvgIpc) is 2.29. The second-order valence-corrected chi connectivity index (χ2v) is 3.87. The summed E-state index contributed by atoms with van der Waals surface area (Å²) in [5.74, 6) is 0. The van der Waals surface area contributed by atoms with Crippen LogP contribution in [-0.4, -0.2) is 13.1 Å². The van der Waals surface area contributed by atoms with Crippen LogP contribution in [0.5, 0.6) is 0 Å². The summed E-state index contributed by atoms with van der Waals surface area (Å²) >= 11 is 0. The number of nitrogens with zero attached hydrogens (tertiary/aromatic N) is 2. The Morgan fingerprint density at radius 1 is 1.50 bits per heavy atom. The van der Waals surface area contributed by atoms with E-state index in [1.54, 1.807) is 0 Å². The minimum atomic E-state index is 0.737. The predicted molar refractivity (Wildman–Crippen MR) is 68.6 cm³/mol. The van der Waals surface area contributed by atoms with Crippen molar-refractivity contribution in [2.24, 2.45) is 0 Å². The Bertz CT molecular complexity index is 402. The second kappa shape index (κ2) is 5.97. The smallest absolute Gasteiger partial charge is 0.101 e. The van der Waals surface area contributed by atoms with Crippen molar-refractivity contribution in [1.82, 2.24) is 0 Å². The van der Waals surface area contributed by atoms with Gasteiger partial charge >= 0.3 is 0 Å². The molecule has 0 radical (unpaired) electrons. The van der Waals surface area contributed by atoms with Gasteiger partial charge in [-0.2, -0.15) is 5.26 Å². The summed E-state index contributed by atoms with van der Waals surface area (Å²) in [6.07, 6.45) is 2.94. The molecule has 0 atom stereocenters. The van der Waals surface area contributed by atoms with Gasteiger partial charge in [0.2, 0.25) is 0 Å². The standard InChI is InChI=1S/C14H18N2/c1-4-8-16(9-5-2)14-10-12(3)6-7-13(14)11-15/h4,6-7,10H,1,5,8-9H2,2-3H3. The zero-order chi connectivity index (χ0) is 12.0. The van der Waals surface area contributed by atoms with Crippen molar-refractivity contribution in [3.05, 3.63) is 42.0 Å². The Kier molecular flexibility index (Phi) is 4.60. The van der Waals surface area contributed by atoms with Gasteiger partial charge in [0, 0.05) is 13.1 Å². The Morgan fingerprint density at radius 2 is 2.25 bits per heavy atom. The number of anilines is 1. The van der Waals surface area contributed by atoms with Gasteiger partial charge in [0.25, 0.3) is 0 Å². The molecule has 1 aromatic rings. The highest BCUT2D eigenvalue weighted by Gasteiger charge is 2.09. The molecule has 0 aromatic heterocycles. The zero-order valence-corrected chi connectivity index (χ0v) is 10.0. The van der Waals surface area contributed by atoms with Crippen LogP contribution in [0.1, 0.15) is 24.5 Å². The third-order valence-electron chi connectivity index (χ3n) is 2.46. The predicted octanol–water partition coefficient (Wildman–Crippen LogP) is 3.27. The van der Waals surface area contributed by atoms with Crippen LogP contribution >= 0.6 is 0 Å². The van der Waals surface area contributed by atoms with Gasteiger partial charge in [0.1, 0.15) is 6.07 Å². The molecule has 1 aromatic carbocycles. The summed E-state index contributed by atoms with van der Waals surface area (Å²) in [6, 6.07) is 8.17. The van der Waals surface area contributed by atoms with Gasteiger partial charge in [-0.25, -0.2) is 0 Å². The van der Waals surface area contributed by atoms with Crippen LogP contribution in [0.15, 0.2) is 30.9 Å². The van der Waals surface area contributed by atoms with Crippen LogP contribution in [-0.2, 0) is 0 Å². The normalized spacial score (nSPS) is 9.56. The largest absolute Gasteiger partial charge is 0.367 e. The Morgan fingerprint density at radius 3 is 2.81 bits per heavy atom. The summed E-state index contributed by atoms with van der Waals surface area (Å²) in [5.41, 5.74) is 2.93. The third kappa shape index (κ3) is 2.87. The number of aryl methyl sites for hydroxylation is 1. The molecule has 2 nitrogen and oxygen atoms in total. The highest BCUT2D eigenvalue weighted by Crippen LogP contribution is 2.21. The van der Waals surface area contributed by atoms with E-state index in [1.165, 1.54) is 5.56 Å². The fraction of sp³-hybridized carbons (Fsp3) is 0.357. The van der Waals surface area contributed by atoms with Crippen molar-refractivity contribution in [2.45, 2.75) is 20.3 Å². The number of benzene rings is 1. The molecule has 0 saturated heterocycles. The third-order valence-corrected chi connectivity index (χ3v) is 2.46. The van der Waals surface area contributed by atoms with Crippen molar-refractivity contribution in [1.29, 1.82) is 5.26 Å². The molecule has 0 amide bonds. The molecule has 0 aliphatic heterocycles. The second-order valence-electron chi connectivity index (χ2n) is 3.87.